The molecular weight excluding hydrogens is 423 g/mol. The number of hydrogen-bond donors (Lipinski definition) is 1. The van der Waals surface area contributed by atoms with Gasteiger partial charge in [0.15, 0.2) is 0 Å². The van der Waals surface area contributed by atoms with Crippen LogP contribution in [0.15, 0.2) is 78.9 Å². The molecule has 32 heavy (non-hydrogen) atoms. The summed E-state index contributed by atoms with van der Waals surface area (Å²) in [6.07, 6.45) is -3.88. The Morgan fingerprint density at radius 1 is 0.906 bits per heavy atom. The molecule has 3 aromatic rings. The van der Waals surface area contributed by atoms with Gasteiger partial charge in [0.1, 0.15) is 0 Å². The van der Waals surface area contributed by atoms with Crippen molar-refractivity contribution in [1.29, 1.82) is 0 Å². The highest BCUT2D eigenvalue weighted by Gasteiger charge is 2.30. The van der Waals surface area contributed by atoms with Gasteiger partial charge in [-0.1, -0.05) is 42.5 Å². The monoisotopic (exact) mass is 443 g/mol. The van der Waals surface area contributed by atoms with Crippen LogP contribution < -0.4 is 5.32 Å². The molecule has 0 radical (unpaired) electrons. The Hall–Kier alpha value is -3.88. The third-order valence-corrected chi connectivity index (χ3v) is 4.78. The zero-order valence-corrected chi connectivity index (χ0v) is 16.9. The van der Waals surface area contributed by atoms with E-state index in [-0.39, 0.29) is 12.2 Å². The first-order valence-corrected chi connectivity index (χ1v) is 9.73. The van der Waals surface area contributed by atoms with Crippen LogP contribution in [-0.2, 0) is 19.1 Å². The summed E-state index contributed by atoms with van der Waals surface area (Å²) < 4.78 is 38.5. The summed E-state index contributed by atoms with van der Waals surface area (Å²) in [7, 11) is 0. The summed E-state index contributed by atoms with van der Waals surface area (Å²) in [6, 6.07) is 19.1. The summed E-state index contributed by atoms with van der Waals surface area (Å²) in [5, 5.41) is 13.5. The summed E-state index contributed by atoms with van der Waals surface area (Å²) in [5.74, 6) is 0. The minimum Gasteiger partial charge on any atom is -0.320 e. The van der Waals surface area contributed by atoms with Crippen LogP contribution in [0.2, 0.25) is 0 Å². The molecule has 6 nitrogen and oxygen atoms in total. The van der Waals surface area contributed by atoms with Crippen molar-refractivity contribution < 1.29 is 22.9 Å². The number of alkyl halides is 3. The minimum absolute atomic E-state index is 0.101. The van der Waals surface area contributed by atoms with E-state index in [2.05, 4.69) is 5.32 Å². The average Bonchev–Trinajstić information content (AvgIpc) is 2.77. The van der Waals surface area contributed by atoms with E-state index in [1.165, 1.54) is 41.3 Å². The molecule has 3 rings (SSSR count). The van der Waals surface area contributed by atoms with Gasteiger partial charge in [-0.2, -0.15) is 13.2 Å². The molecule has 0 atom stereocenters. The molecule has 3 aromatic carbocycles. The molecule has 0 aliphatic heterocycles. The highest BCUT2D eigenvalue weighted by atomic mass is 19.4. The molecule has 1 N–H and O–H groups in total. The second-order valence-corrected chi connectivity index (χ2v) is 7.09. The maximum absolute atomic E-state index is 12.9. The smallest absolute Gasteiger partial charge is 0.320 e. The number of non-ortho nitro benzene ring substituents is 1. The van der Waals surface area contributed by atoms with Crippen molar-refractivity contribution >= 4 is 17.4 Å². The molecular formula is C23H20F3N3O3. The number of nitro groups is 1. The lowest BCUT2D eigenvalue weighted by Gasteiger charge is -2.23. The normalized spacial score (nSPS) is 11.1. The Labute approximate surface area is 182 Å². The lowest BCUT2D eigenvalue weighted by Crippen LogP contribution is -2.36. The molecule has 0 saturated heterocycles. The van der Waals surface area contributed by atoms with Gasteiger partial charge in [0.25, 0.3) is 5.69 Å². The highest BCUT2D eigenvalue weighted by molar-refractivity contribution is 5.89. The van der Waals surface area contributed by atoms with Gasteiger partial charge in [0.05, 0.1) is 10.5 Å². The Balaban J connectivity index is 1.74. The number of rotatable bonds is 7. The zero-order valence-electron chi connectivity index (χ0n) is 16.9. The van der Waals surface area contributed by atoms with E-state index in [1.807, 2.05) is 30.3 Å². The number of carbonyl (C=O) groups is 1. The number of anilines is 1. The summed E-state index contributed by atoms with van der Waals surface area (Å²) in [4.78, 5) is 24.6. The Morgan fingerprint density at radius 2 is 1.53 bits per heavy atom. The standard InChI is InChI=1S/C23H20F3N3O3/c24-23(25,26)19-8-6-18(7-9-19)16-28(15-14-17-4-2-1-3-5-17)22(30)27-20-10-12-21(13-11-20)29(31)32/h1-13H,14-16H2,(H,27,30). The molecule has 0 aliphatic carbocycles. The number of hydrogen-bond acceptors (Lipinski definition) is 3. The van der Waals surface area contributed by atoms with Crippen molar-refractivity contribution in [3.63, 3.8) is 0 Å². The number of amides is 2. The van der Waals surface area contributed by atoms with E-state index in [0.29, 0.717) is 24.2 Å². The lowest BCUT2D eigenvalue weighted by molar-refractivity contribution is -0.384. The molecule has 0 bridgehead atoms. The fraction of sp³-hybridized carbons (Fsp3) is 0.174. The number of nitrogens with zero attached hydrogens (tertiary/aromatic N) is 2. The van der Waals surface area contributed by atoms with Crippen LogP contribution in [0.25, 0.3) is 0 Å². The molecule has 0 spiro atoms. The summed E-state index contributed by atoms with van der Waals surface area (Å²) in [5.41, 5.74) is 1.07. The maximum Gasteiger partial charge on any atom is 0.416 e. The molecule has 0 fully saturated rings. The number of carbonyl (C=O) groups excluding carboxylic acids is 1. The number of benzene rings is 3. The Bertz CT molecular complexity index is 1050. The van der Waals surface area contributed by atoms with Gasteiger partial charge >= 0.3 is 12.2 Å². The zero-order chi connectivity index (χ0) is 23.1. The van der Waals surface area contributed by atoms with E-state index >= 15 is 0 Å². The topological polar surface area (TPSA) is 75.5 Å². The van der Waals surface area contributed by atoms with E-state index < -0.39 is 22.7 Å². The van der Waals surface area contributed by atoms with Crippen molar-refractivity contribution in [2.45, 2.75) is 19.1 Å². The van der Waals surface area contributed by atoms with Gasteiger partial charge in [-0.3, -0.25) is 10.1 Å². The second-order valence-electron chi connectivity index (χ2n) is 7.09. The first-order chi connectivity index (χ1) is 15.2. The van der Waals surface area contributed by atoms with Crippen molar-refractivity contribution in [1.82, 2.24) is 4.90 Å². The van der Waals surface area contributed by atoms with Crippen molar-refractivity contribution in [3.05, 3.63) is 106 Å². The molecule has 0 aromatic heterocycles. The van der Waals surface area contributed by atoms with Gasteiger partial charge in [-0.25, -0.2) is 4.79 Å². The molecule has 9 heteroatoms. The van der Waals surface area contributed by atoms with E-state index in [1.54, 1.807) is 0 Å². The molecule has 0 unspecified atom stereocenters. The van der Waals surface area contributed by atoms with Gasteiger partial charge < -0.3 is 10.2 Å². The number of nitro benzene ring substituents is 1. The first-order valence-electron chi connectivity index (χ1n) is 9.73. The van der Waals surface area contributed by atoms with Crippen molar-refractivity contribution in [2.24, 2.45) is 0 Å². The number of halogens is 3. The molecule has 0 saturated carbocycles. The summed E-state index contributed by atoms with van der Waals surface area (Å²) in [6.45, 7) is 0.424. The van der Waals surface area contributed by atoms with Crippen LogP contribution in [-0.4, -0.2) is 22.4 Å². The van der Waals surface area contributed by atoms with Crippen LogP contribution in [0.1, 0.15) is 16.7 Å². The predicted octanol–water partition coefficient (Wildman–Crippen LogP) is 5.89. The maximum atomic E-state index is 12.9. The molecule has 0 aliphatic rings. The average molecular weight is 443 g/mol. The quantitative estimate of drug-likeness (QED) is 0.365. The van der Waals surface area contributed by atoms with E-state index in [4.69, 9.17) is 0 Å². The van der Waals surface area contributed by atoms with Crippen LogP contribution >= 0.6 is 0 Å². The third kappa shape index (κ3) is 6.31. The molecule has 0 heterocycles. The van der Waals surface area contributed by atoms with Crippen LogP contribution in [0, 0.1) is 10.1 Å². The third-order valence-electron chi connectivity index (χ3n) is 4.78. The lowest BCUT2D eigenvalue weighted by atomic mass is 10.1. The summed E-state index contributed by atoms with van der Waals surface area (Å²) >= 11 is 0. The van der Waals surface area contributed by atoms with E-state index in [0.717, 1.165) is 17.7 Å². The predicted molar refractivity (Wildman–Crippen MR) is 114 cm³/mol. The van der Waals surface area contributed by atoms with Gasteiger partial charge in [-0.05, 0) is 41.8 Å². The van der Waals surface area contributed by atoms with Crippen molar-refractivity contribution in [3.8, 4) is 0 Å². The molecule has 166 valence electrons. The first kappa shape index (κ1) is 22.8. The SMILES string of the molecule is O=C(Nc1ccc([N+](=O)[O-])cc1)N(CCc1ccccc1)Cc1ccc(C(F)(F)F)cc1. The van der Waals surface area contributed by atoms with Crippen molar-refractivity contribution in [2.75, 3.05) is 11.9 Å². The van der Waals surface area contributed by atoms with E-state index in [9.17, 15) is 28.1 Å². The number of nitrogens with one attached hydrogen (secondary N) is 1. The van der Waals surface area contributed by atoms with Crippen LogP contribution in [0.5, 0.6) is 0 Å². The largest absolute Gasteiger partial charge is 0.416 e. The minimum atomic E-state index is -4.43. The Morgan fingerprint density at radius 3 is 2.09 bits per heavy atom. The van der Waals surface area contributed by atoms with Gasteiger partial charge in [-0.15, -0.1) is 0 Å². The highest BCUT2D eigenvalue weighted by Crippen LogP contribution is 2.29. The number of urea groups is 1. The van der Waals surface area contributed by atoms with Crippen LogP contribution in [0.4, 0.5) is 29.3 Å². The fourth-order valence-corrected chi connectivity index (χ4v) is 3.05. The van der Waals surface area contributed by atoms with Crippen LogP contribution in [0.3, 0.4) is 0 Å². The molecule has 2 amide bonds. The Kier molecular flexibility index (Phi) is 7.09. The van der Waals surface area contributed by atoms with Gasteiger partial charge in [0, 0.05) is 30.9 Å². The fourth-order valence-electron chi connectivity index (χ4n) is 3.05. The van der Waals surface area contributed by atoms with Gasteiger partial charge in [0.2, 0.25) is 0 Å². The second kappa shape index (κ2) is 9.95.